The lowest BCUT2D eigenvalue weighted by molar-refractivity contribution is -0.139. The van der Waals surface area contributed by atoms with Gasteiger partial charge in [0, 0.05) is 32.6 Å². The third-order valence-corrected chi connectivity index (χ3v) is 4.96. The van der Waals surface area contributed by atoms with E-state index in [0.29, 0.717) is 25.8 Å². The number of imide groups is 1. The number of fused-ring (bicyclic) bond motifs is 1. The van der Waals surface area contributed by atoms with E-state index in [1.54, 1.807) is 10.9 Å². The number of rotatable bonds is 5. The first-order valence-electron chi connectivity index (χ1n) is 8.66. The Morgan fingerprint density at radius 3 is 2.96 bits per heavy atom. The maximum atomic E-state index is 12.6. The molecule has 0 unspecified atom stereocenters. The number of amides is 2. The number of likely N-dealkylation sites (tertiary alicyclic amines) is 1. The van der Waals surface area contributed by atoms with Crippen molar-refractivity contribution in [2.45, 2.75) is 25.7 Å². The Morgan fingerprint density at radius 1 is 1.28 bits per heavy atom. The monoisotopic (exact) mass is 339 g/mol. The maximum Gasteiger partial charge on any atom is 0.233 e. The second-order valence-electron chi connectivity index (χ2n) is 6.80. The van der Waals surface area contributed by atoms with Crippen LogP contribution >= 0.6 is 0 Å². The zero-order valence-electron chi connectivity index (χ0n) is 14.3. The van der Waals surface area contributed by atoms with Crippen molar-refractivity contribution in [2.75, 3.05) is 13.2 Å². The van der Waals surface area contributed by atoms with Gasteiger partial charge < -0.3 is 4.74 Å². The highest BCUT2D eigenvalue weighted by atomic mass is 16.5. The number of benzene rings is 1. The van der Waals surface area contributed by atoms with Crippen LogP contribution in [-0.2, 0) is 35.9 Å². The van der Waals surface area contributed by atoms with Gasteiger partial charge in [-0.15, -0.1) is 0 Å². The second kappa shape index (κ2) is 6.35. The molecule has 0 N–H and O–H groups in total. The largest absolute Gasteiger partial charge is 0.493 e. The number of carbonyl (C=O) groups excluding carboxylic acids is 2. The van der Waals surface area contributed by atoms with E-state index in [1.165, 1.54) is 10.5 Å². The Morgan fingerprint density at radius 2 is 2.16 bits per heavy atom. The molecule has 3 heterocycles. The molecule has 130 valence electrons. The molecular formula is C19H21N3O3. The zero-order valence-corrected chi connectivity index (χ0v) is 14.3. The topological polar surface area (TPSA) is 64.4 Å². The highest BCUT2D eigenvalue weighted by molar-refractivity contribution is 6.03. The van der Waals surface area contributed by atoms with Gasteiger partial charge in [-0.2, -0.15) is 5.10 Å². The van der Waals surface area contributed by atoms with Gasteiger partial charge in [0.2, 0.25) is 11.8 Å². The summed E-state index contributed by atoms with van der Waals surface area (Å²) in [5.41, 5.74) is 3.35. The standard InChI is InChI=1S/C19H21N3O3/c1-21-12-14(11-20-21)9-16-10-18(23)22(19(16)24)6-4-13-2-3-17-15(8-13)5-7-25-17/h2-3,8,11-12,16H,4-7,9-10H2,1H3/t16-/m0/s1. The average Bonchev–Trinajstić information content (AvgIpc) is 3.27. The molecule has 1 atom stereocenters. The fourth-order valence-electron chi connectivity index (χ4n) is 3.64. The molecule has 1 aromatic heterocycles. The van der Waals surface area contributed by atoms with E-state index < -0.39 is 0 Å². The van der Waals surface area contributed by atoms with E-state index in [2.05, 4.69) is 11.2 Å². The number of nitrogens with zero attached hydrogens (tertiary/aromatic N) is 3. The summed E-state index contributed by atoms with van der Waals surface area (Å²) in [5.74, 6) is 0.570. The highest BCUT2D eigenvalue weighted by Crippen LogP contribution is 2.27. The van der Waals surface area contributed by atoms with E-state index >= 15 is 0 Å². The van der Waals surface area contributed by atoms with Gasteiger partial charge in [-0.3, -0.25) is 19.2 Å². The summed E-state index contributed by atoms with van der Waals surface area (Å²) >= 11 is 0. The van der Waals surface area contributed by atoms with Gasteiger partial charge in [-0.05, 0) is 35.6 Å². The summed E-state index contributed by atoms with van der Waals surface area (Å²) < 4.78 is 7.23. The van der Waals surface area contributed by atoms with Crippen LogP contribution in [0.5, 0.6) is 5.75 Å². The molecule has 25 heavy (non-hydrogen) atoms. The minimum Gasteiger partial charge on any atom is -0.493 e. The first kappa shape index (κ1) is 15.9. The SMILES string of the molecule is Cn1cc(C[C@H]2CC(=O)N(CCc3ccc4c(c3)CCO4)C2=O)cn1. The van der Waals surface area contributed by atoms with Crippen molar-refractivity contribution in [3.05, 3.63) is 47.3 Å². The molecule has 0 radical (unpaired) electrons. The van der Waals surface area contributed by atoms with Crippen molar-refractivity contribution < 1.29 is 14.3 Å². The molecule has 1 aromatic carbocycles. The average molecular weight is 339 g/mol. The van der Waals surface area contributed by atoms with Gasteiger partial charge in [-0.25, -0.2) is 0 Å². The summed E-state index contributed by atoms with van der Waals surface area (Å²) in [4.78, 5) is 26.3. The van der Waals surface area contributed by atoms with Gasteiger partial charge in [0.1, 0.15) is 5.75 Å². The predicted octanol–water partition coefficient (Wildman–Crippen LogP) is 1.52. The van der Waals surface area contributed by atoms with Crippen LogP contribution in [-0.4, -0.2) is 39.6 Å². The lowest BCUT2D eigenvalue weighted by Crippen LogP contribution is -2.33. The van der Waals surface area contributed by atoms with Gasteiger partial charge in [0.05, 0.1) is 18.7 Å². The van der Waals surface area contributed by atoms with E-state index in [4.69, 9.17) is 4.74 Å². The first-order valence-corrected chi connectivity index (χ1v) is 8.66. The summed E-state index contributed by atoms with van der Waals surface area (Å²) in [6.45, 7) is 1.18. The van der Waals surface area contributed by atoms with E-state index in [1.807, 2.05) is 25.4 Å². The smallest absolute Gasteiger partial charge is 0.233 e. The number of carbonyl (C=O) groups is 2. The van der Waals surface area contributed by atoms with Crippen LogP contribution in [0.1, 0.15) is 23.1 Å². The number of hydrogen-bond acceptors (Lipinski definition) is 4. The lowest BCUT2D eigenvalue weighted by Gasteiger charge is -2.15. The molecule has 0 saturated carbocycles. The van der Waals surface area contributed by atoms with Crippen LogP contribution < -0.4 is 4.74 Å². The molecule has 6 nitrogen and oxygen atoms in total. The Bertz CT molecular complexity index is 827. The molecular weight excluding hydrogens is 318 g/mol. The van der Waals surface area contributed by atoms with Crippen molar-refractivity contribution in [3.63, 3.8) is 0 Å². The molecule has 0 spiro atoms. The van der Waals surface area contributed by atoms with E-state index in [9.17, 15) is 9.59 Å². The Balaban J connectivity index is 1.39. The third kappa shape index (κ3) is 3.16. The third-order valence-electron chi connectivity index (χ3n) is 4.96. The summed E-state index contributed by atoms with van der Waals surface area (Å²) in [7, 11) is 1.85. The predicted molar refractivity (Wildman–Crippen MR) is 91.1 cm³/mol. The summed E-state index contributed by atoms with van der Waals surface area (Å²) in [6, 6.07) is 6.12. The molecule has 0 bridgehead atoms. The van der Waals surface area contributed by atoms with Crippen LogP contribution in [0.25, 0.3) is 0 Å². The first-order chi connectivity index (χ1) is 12.1. The Hall–Kier alpha value is -2.63. The minimum atomic E-state index is -0.259. The lowest BCUT2D eigenvalue weighted by atomic mass is 10.0. The minimum absolute atomic E-state index is 0.0571. The Labute approximate surface area is 146 Å². The van der Waals surface area contributed by atoms with Crippen molar-refractivity contribution in [1.29, 1.82) is 0 Å². The second-order valence-corrected chi connectivity index (χ2v) is 6.80. The molecule has 2 aliphatic rings. The maximum absolute atomic E-state index is 12.6. The number of ether oxygens (including phenoxy) is 1. The fourth-order valence-corrected chi connectivity index (χ4v) is 3.64. The molecule has 6 heteroatoms. The normalized spacial score (nSPS) is 19.4. The summed E-state index contributed by atoms with van der Waals surface area (Å²) in [6.07, 6.45) is 6.14. The Kier molecular flexibility index (Phi) is 4.03. The molecule has 2 aliphatic heterocycles. The highest BCUT2D eigenvalue weighted by Gasteiger charge is 2.38. The van der Waals surface area contributed by atoms with Crippen molar-refractivity contribution in [3.8, 4) is 5.75 Å². The van der Waals surface area contributed by atoms with Crippen LogP contribution in [0, 0.1) is 5.92 Å². The number of hydrogen-bond donors (Lipinski definition) is 0. The van der Waals surface area contributed by atoms with Gasteiger partial charge in [0.15, 0.2) is 0 Å². The molecule has 4 rings (SSSR count). The zero-order chi connectivity index (χ0) is 17.4. The molecule has 1 saturated heterocycles. The van der Waals surface area contributed by atoms with Crippen LogP contribution in [0.2, 0.25) is 0 Å². The quantitative estimate of drug-likeness (QED) is 0.775. The van der Waals surface area contributed by atoms with E-state index in [-0.39, 0.29) is 17.7 Å². The summed E-state index contributed by atoms with van der Waals surface area (Å²) in [5, 5.41) is 4.12. The van der Waals surface area contributed by atoms with Gasteiger partial charge in [0.25, 0.3) is 0 Å². The van der Waals surface area contributed by atoms with Crippen molar-refractivity contribution in [2.24, 2.45) is 13.0 Å². The van der Waals surface area contributed by atoms with E-state index in [0.717, 1.165) is 29.9 Å². The van der Waals surface area contributed by atoms with Crippen LogP contribution in [0.15, 0.2) is 30.6 Å². The van der Waals surface area contributed by atoms with Crippen LogP contribution in [0.3, 0.4) is 0 Å². The molecule has 1 fully saturated rings. The van der Waals surface area contributed by atoms with Gasteiger partial charge >= 0.3 is 0 Å². The fraction of sp³-hybridized carbons (Fsp3) is 0.421. The van der Waals surface area contributed by atoms with Crippen molar-refractivity contribution in [1.82, 2.24) is 14.7 Å². The molecule has 0 aliphatic carbocycles. The molecule has 2 amide bonds. The van der Waals surface area contributed by atoms with Crippen LogP contribution in [0.4, 0.5) is 0 Å². The number of aryl methyl sites for hydroxylation is 1. The molecule has 2 aromatic rings. The van der Waals surface area contributed by atoms with Crippen molar-refractivity contribution >= 4 is 11.8 Å². The number of aromatic nitrogens is 2. The van der Waals surface area contributed by atoms with Gasteiger partial charge in [-0.1, -0.05) is 12.1 Å².